The summed E-state index contributed by atoms with van der Waals surface area (Å²) in [5.41, 5.74) is 3.77. The smallest absolute Gasteiger partial charge is 0.223 e. The van der Waals surface area contributed by atoms with E-state index in [1.54, 1.807) is 0 Å². The van der Waals surface area contributed by atoms with Crippen molar-refractivity contribution in [1.29, 1.82) is 0 Å². The van der Waals surface area contributed by atoms with E-state index in [2.05, 4.69) is 57.6 Å². The van der Waals surface area contributed by atoms with Crippen LogP contribution in [0.15, 0.2) is 36.5 Å². The van der Waals surface area contributed by atoms with Crippen molar-refractivity contribution in [3.8, 4) is 0 Å². The Hall–Kier alpha value is -2.18. The predicted molar refractivity (Wildman–Crippen MR) is 124 cm³/mol. The Bertz CT molecular complexity index is 833. The summed E-state index contributed by atoms with van der Waals surface area (Å²) in [6, 6.07) is 11.0. The monoisotopic (exact) mass is 423 g/mol. The summed E-state index contributed by atoms with van der Waals surface area (Å²) in [4.78, 5) is 17.8. The van der Waals surface area contributed by atoms with Crippen molar-refractivity contribution in [2.45, 2.75) is 51.6 Å². The number of nitrogens with one attached hydrogen (secondary N) is 1. The molecule has 4 rings (SSSR count). The van der Waals surface area contributed by atoms with Gasteiger partial charge in [-0.25, -0.2) is 0 Å². The van der Waals surface area contributed by atoms with Gasteiger partial charge in [0.1, 0.15) is 0 Å². The lowest BCUT2D eigenvalue weighted by atomic mass is 9.92. The summed E-state index contributed by atoms with van der Waals surface area (Å²) >= 11 is 0. The second-order valence-corrected chi connectivity index (χ2v) is 9.26. The molecule has 0 aliphatic carbocycles. The quantitative estimate of drug-likeness (QED) is 0.744. The maximum Gasteiger partial charge on any atom is 0.223 e. The van der Waals surface area contributed by atoms with Crippen LogP contribution in [0, 0.1) is 12.8 Å². The van der Waals surface area contributed by atoms with Gasteiger partial charge in [-0.15, -0.1) is 0 Å². The summed E-state index contributed by atoms with van der Waals surface area (Å²) in [5, 5.41) is 7.63. The van der Waals surface area contributed by atoms with Crippen molar-refractivity contribution < 1.29 is 4.79 Å². The van der Waals surface area contributed by atoms with E-state index in [1.165, 1.54) is 24.0 Å². The first-order chi connectivity index (χ1) is 15.1. The molecule has 2 aliphatic rings. The van der Waals surface area contributed by atoms with E-state index in [4.69, 9.17) is 0 Å². The van der Waals surface area contributed by atoms with Gasteiger partial charge in [-0.2, -0.15) is 5.10 Å². The van der Waals surface area contributed by atoms with Crippen LogP contribution in [0.2, 0.25) is 0 Å². The number of aryl methyl sites for hydroxylation is 2. The number of nitrogens with zero attached hydrogens (tertiary/aromatic N) is 4. The zero-order valence-corrected chi connectivity index (χ0v) is 19.1. The van der Waals surface area contributed by atoms with Gasteiger partial charge in [0, 0.05) is 43.9 Å². The van der Waals surface area contributed by atoms with Crippen molar-refractivity contribution in [3.05, 3.63) is 53.3 Å². The number of hydrogen-bond acceptors (Lipinski definition) is 4. The first-order valence-corrected chi connectivity index (χ1v) is 11.9. The van der Waals surface area contributed by atoms with E-state index >= 15 is 0 Å². The molecule has 168 valence electrons. The highest BCUT2D eigenvalue weighted by Gasteiger charge is 2.30. The molecule has 0 radical (unpaired) electrons. The number of benzene rings is 1. The molecule has 0 unspecified atom stereocenters. The number of amides is 1. The van der Waals surface area contributed by atoms with Gasteiger partial charge < -0.3 is 10.2 Å². The van der Waals surface area contributed by atoms with Crippen LogP contribution in [-0.2, 0) is 24.8 Å². The summed E-state index contributed by atoms with van der Waals surface area (Å²) < 4.78 is 1.92. The lowest BCUT2D eigenvalue weighted by Gasteiger charge is -2.41. The van der Waals surface area contributed by atoms with Crippen LogP contribution in [0.25, 0.3) is 0 Å². The molecule has 3 heterocycles. The number of rotatable bonds is 7. The van der Waals surface area contributed by atoms with Gasteiger partial charge in [-0.05, 0) is 70.8 Å². The normalized spacial score (nSPS) is 19.5. The zero-order valence-electron chi connectivity index (χ0n) is 19.1. The third-order valence-electron chi connectivity index (χ3n) is 7.04. The molecule has 1 N–H and O–H groups in total. The van der Waals surface area contributed by atoms with Crippen LogP contribution in [0.3, 0.4) is 0 Å². The maximum absolute atomic E-state index is 12.6. The second kappa shape index (κ2) is 10.4. The molecule has 0 saturated carbocycles. The van der Waals surface area contributed by atoms with Crippen LogP contribution in [-0.4, -0.2) is 64.3 Å². The molecule has 2 fully saturated rings. The minimum Gasteiger partial charge on any atom is -0.356 e. The molecule has 31 heavy (non-hydrogen) atoms. The van der Waals surface area contributed by atoms with E-state index in [-0.39, 0.29) is 11.8 Å². The highest BCUT2D eigenvalue weighted by Crippen LogP contribution is 2.25. The fourth-order valence-electron chi connectivity index (χ4n) is 5.13. The van der Waals surface area contributed by atoms with Gasteiger partial charge in [0.2, 0.25) is 5.91 Å². The van der Waals surface area contributed by atoms with Crippen LogP contribution >= 0.6 is 0 Å². The number of hydrogen-bond donors (Lipinski definition) is 1. The summed E-state index contributed by atoms with van der Waals surface area (Å²) in [7, 11) is 2.00. The number of aromatic nitrogens is 2. The van der Waals surface area contributed by atoms with Gasteiger partial charge in [-0.1, -0.05) is 30.3 Å². The molecule has 1 amide bonds. The minimum atomic E-state index is 0.181. The van der Waals surface area contributed by atoms with Crippen molar-refractivity contribution >= 4 is 5.91 Å². The average molecular weight is 424 g/mol. The Kier molecular flexibility index (Phi) is 7.41. The van der Waals surface area contributed by atoms with E-state index in [0.29, 0.717) is 6.04 Å². The zero-order chi connectivity index (χ0) is 21.6. The molecule has 6 nitrogen and oxygen atoms in total. The van der Waals surface area contributed by atoms with E-state index in [9.17, 15) is 4.79 Å². The topological polar surface area (TPSA) is 53.4 Å². The van der Waals surface area contributed by atoms with E-state index in [1.807, 2.05) is 17.8 Å². The first kappa shape index (κ1) is 22.0. The van der Waals surface area contributed by atoms with Crippen molar-refractivity contribution in [2.75, 3.05) is 32.7 Å². The van der Waals surface area contributed by atoms with Gasteiger partial charge in [0.05, 0.1) is 5.69 Å². The Labute approximate surface area is 186 Å². The largest absolute Gasteiger partial charge is 0.356 e. The molecule has 2 aromatic rings. The van der Waals surface area contributed by atoms with Crippen LogP contribution in [0.1, 0.15) is 42.5 Å². The highest BCUT2D eigenvalue weighted by atomic mass is 16.1. The number of piperidine rings is 2. The molecule has 0 bridgehead atoms. The lowest BCUT2D eigenvalue weighted by Crippen LogP contribution is -2.49. The van der Waals surface area contributed by atoms with Gasteiger partial charge in [-0.3, -0.25) is 14.4 Å². The molecule has 0 atom stereocenters. The fourth-order valence-corrected chi connectivity index (χ4v) is 5.13. The lowest BCUT2D eigenvalue weighted by molar-refractivity contribution is -0.126. The minimum absolute atomic E-state index is 0.181. The average Bonchev–Trinajstić information content (AvgIpc) is 3.11. The number of carbonyl (C=O) groups is 1. The van der Waals surface area contributed by atoms with E-state index < -0.39 is 0 Å². The van der Waals surface area contributed by atoms with Gasteiger partial charge in [0.15, 0.2) is 0 Å². The second-order valence-electron chi connectivity index (χ2n) is 9.26. The summed E-state index contributed by atoms with van der Waals surface area (Å²) in [6.07, 6.45) is 7.50. The van der Waals surface area contributed by atoms with Crippen LogP contribution in [0.5, 0.6) is 0 Å². The SMILES string of the molecule is Cc1nn(C)cc1CN1CCC(N2CCC(C(=O)NCCc3ccccc3)CC2)CC1. The van der Waals surface area contributed by atoms with E-state index in [0.717, 1.165) is 64.2 Å². The summed E-state index contributed by atoms with van der Waals surface area (Å²) in [6.45, 7) is 8.27. The Morgan fingerprint density at radius 2 is 1.77 bits per heavy atom. The molecule has 2 aliphatic heterocycles. The Balaban J connectivity index is 1.15. The molecule has 2 saturated heterocycles. The molecule has 6 heteroatoms. The molecule has 1 aromatic heterocycles. The van der Waals surface area contributed by atoms with Crippen LogP contribution in [0.4, 0.5) is 0 Å². The molecule has 0 spiro atoms. The standard InChI is InChI=1S/C25H37N5O/c1-20-23(18-28(2)27-20)19-29-14-11-24(12-15-29)30-16-9-22(10-17-30)25(31)26-13-8-21-6-4-3-5-7-21/h3-7,18,22,24H,8-17,19H2,1-2H3,(H,26,31). The molecule has 1 aromatic carbocycles. The summed E-state index contributed by atoms with van der Waals surface area (Å²) in [5.74, 6) is 0.429. The van der Waals surface area contributed by atoms with Crippen molar-refractivity contribution in [3.63, 3.8) is 0 Å². The Morgan fingerprint density at radius 1 is 1.06 bits per heavy atom. The fraction of sp³-hybridized carbons (Fsp3) is 0.600. The third kappa shape index (κ3) is 5.95. The van der Waals surface area contributed by atoms with Crippen LogP contribution < -0.4 is 5.32 Å². The molecular weight excluding hydrogens is 386 g/mol. The van der Waals surface area contributed by atoms with Crippen molar-refractivity contribution in [2.24, 2.45) is 13.0 Å². The number of likely N-dealkylation sites (tertiary alicyclic amines) is 2. The predicted octanol–water partition coefficient (Wildman–Crippen LogP) is 2.76. The van der Waals surface area contributed by atoms with Crippen molar-refractivity contribution in [1.82, 2.24) is 24.9 Å². The third-order valence-corrected chi connectivity index (χ3v) is 7.04. The highest BCUT2D eigenvalue weighted by molar-refractivity contribution is 5.78. The number of carbonyl (C=O) groups excluding carboxylic acids is 1. The maximum atomic E-state index is 12.6. The molecular formula is C25H37N5O. The Morgan fingerprint density at radius 3 is 2.42 bits per heavy atom. The van der Waals surface area contributed by atoms with Gasteiger partial charge in [0.25, 0.3) is 0 Å². The van der Waals surface area contributed by atoms with Gasteiger partial charge >= 0.3 is 0 Å². The first-order valence-electron chi connectivity index (χ1n) is 11.9.